The first-order valence-electron chi connectivity index (χ1n) is 10.9. The van der Waals surface area contributed by atoms with Crippen LogP contribution in [0.4, 0.5) is 0 Å². The maximum Gasteiger partial charge on any atom is 0.305 e. The molecule has 3 aromatic rings. The molecule has 0 fully saturated rings. The van der Waals surface area contributed by atoms with Gasteiger partial charge in [0.05, 0.1) is 16.3 Å². The van der Waals surface area contributed by atoms with Crippen LogP contribution in [-0.4, -0.2) is 30.0 Å². The van der Waals surface area contributed by atoms with Crippen LogP contribution in [0.5, 0.6) is 5.75 Å². The standard InChI is InChI=1S/C25H23ClN4O5/c1-15-22-19(27-28-21(31)14-34-16-8-3-2-4-9-16)12-7-13-20(22)35-23(15)25(33)30-29-24(32)17-10-5-6-11-18(17)26/h2-6,8-11H,7,12-14H2,1H3,(H,28,31)(H,29,32)(H,30,33)/b27-19+. The number of nitrogens with one attached hydrogen (secondary N) is 3. The Morgan fingerprint density at radius 2 is 1.71 bits per heavy atom. The highest BCUT2D eigenvalue weighted by atomic mass is 35.5. The van der Waals surface area contributed by atoms with E-state index >= 15 is 0 Å². The lowest BCUT2D eigenvalue weighted by atomic mass is 9.93. The second-order valence-electron chi connectivity index (χ2n) is 7.79. The Bertz CT molecular complexity index is 1290. The lowest BCUT2D eigenvalue weighted by Gasteiger charge is -2.13. The lowest BCUT2D eigenvalue weighted by molar-refractivity contribution is -0.123. The number of halogens is 1. The minimum atomic E-state index is -0.614. The second kappa shape index (κ2) is 10.9. The predicted molar refractivity (Wildman–Crippen MR) is 129 cm³/mol. The number of amides is 3. The quantitative estimate of drug-likeness (QED) is 0.452. The maximum absolute atomic E-state index is 12.7. The molecule has 35 heavy (non-hydrogen) atoms. The van der Waals surface area contributed by atoms with Crippen molar-refractivity contribution >= 4 is 35.0 Å². The first kappa shape index (κ1) is 24.0. The van der Waals surface area contributed by atoms with E-state index in [1.54, 1.807) is 43.3 Å². The smallest absolute Gasteiger partial charge is 0.305 e. The molecule has 3 amide bonds. The van der Waals surface area contributed by atoms with Crippen LogP contribution in [0.15, 0.2) is 64.1 Å². The number of furan rings is 1. The highest BCUT2D eigenvalue weighted by Crippen LogP contribution is 2.29. The number of hydrazone groups is 1. The predicted octanol–water partition coefficient (Wildman–Crippen LogP) is 3.55. The Morgan fingerprint density at radius 1 is 1.00 bits per heavy atom. The van der Waals surface area contributed by atoms with Crippen LogP contribution in [0.3, 0.4) is 0 Å². The Hall–Kier alpha value is -4.11. The number of carbonyl (C=O) groups is 3. The van der Waals surface area contributed by atoms with E-state index in [0.717, 1.165) is 6.42 Å². The molecular formula is C25H23ClN4O5. The fourth-order valence-electron chi connectivity index (χ4n) is 3.71. The molecule has 0 unspecified atom stereocenters. The number of ether oxygens (including phenoxy) is 1. The summed E-state index contributed by atoms with van der Waals surface area (Å²) in [6.45, 7) is 1.55. The summed E-state index contributed by atoms with van der Waals surface area (Å²) in [5.74, 6) is -0.335. The molecule has 1 aliphatic carbocycles. The van der Waals surface area contributed by atoms with Gasteiger partial charge in [0, 0.05) is 17.5 Å². The minimum absolute atomic E-state index is 0.0581. The van der Waals surface area contributed by atoms with E-state index in [1.165, 1.54) is 0 Å². The molecule has 0 saturated heterocycles. The maximum atomic E-state index is 12.7. The molecule has 0 bridgehead atoms. The van der Waals surface area contributed by atoms with Gasteiger partial charge in [0.15, 0.2) is 12.4 Å². The van der Waals surface area contributed by atoms with Gasteiger partial charge < -0.3 is 9.15 Å². The zero-order valence-electron chi connectivity index (χ0n) is 18.9. The van der Waals surface area contributed by atoms with Crippen molar-refractivity contribution in [3.63, 3.8) is 0 Å². The van der Waals surface area contributed by atoms with Gasteiger partial charge in [-0.3, -0.25) is 25.2 Å². The largest absolute Gasteiger partial charge is 0.484 e. The highest BCUT2D eigenvalue weighted by Gasteiger charge is 2.28. The van der Waals surface area contributed by atoms with Gasteiger partial charge >= 0.3 is 5.91 Å². The average molecular weight is 495 g/mol. The first-order chi connectivity index (χ1) is 16.9. The Morgan fingerprint density at radius 3 is 2.49 bits per heavy atom. The van der Waals surface area contributed by atoms with Crippen LogP contribution in [0, 0.1) is 6.92 Å². The molecule has 4 rings (SSSR count). The van der Waals surface area contributed by atoms with E-state index in [4.69, 9.17) is 20.8 Å². The Balaban J connectivity index is 1.41. The number of nitrogens with zero attached hydrogens (tertiary/aromatic N) is 1. The van der Waals surface area contributed by atoms with Crippen molar-refractivity contribution < 1.29 is 23.5 Å². The topological polar surface area (TPSA) is 122 Å². The minimum Gasteiger partial charge on any atom is -0.484 e. The Labute approximate surface area is 206 Å². The van der Waals surface area contributed by atoms with Gasteiger partial charge in [-0.05, 0) is 44.0 Å². The number of hydrazine groups is 1. The van der Waals surface area contributed by atoms with Crippen LogP contribution < -0.4 is 21.0 Å². The average Bonchev–Trinajstić information content (AvgIpc) is 3.22. The number of aryl methyl sites for hydroxylation is 1. The van der Waals surface area contributed by atoms with Gasteiger partial charge in [-0.15, -0.1) is 0 Å². The van der Waals surface area contributed by atoms with Gasteiger partial charge in [0.2, 0.25) is 0 Å². The summed E-state index contributed by atoms with van der Waals surface area (Å²) in [6.07, 6.45) is 1.98. The molecule has 10 heteroatoms. The van der Waals surface area contributed by atoms with E-state index < -0.39 is 17.7 Å². The third kappa shape index (κ3) is 5.70. The molecule has 9 nitrogen and oxygen atoms in total. The van der Waals surface area contributed by atoms with Crippen LogP contribution in [-0.2, 0) is 11.2 Å². The molecule has 0 spiro atoms. The molecule has 1 aromatic heterocycles. The zero-order valence-corrected chi connectivity index (χ0v) is 19.6. The van der Waals surface area contributed by atoms with E-state index in [-0.39, 0.29) is 23.0 Å². The van der Waals surface area contributed by atoms with Crippen LogP contribution in [0.1, 0.15) is 50.6 Å². The molecular weight excluding hydrogens is 472 g/mol. The molecule has 0 aliphatic heterocycles. The summed E-state index contributed by atoms with van der Waals surface area (Å²) >= 11 is 6.02. The molecule has 3 N–H and O–H groups in total. The van der Waals surface area contributed by atoms with Crippen molar-refractivity contribution in [1.29, 1.82) is 0 Å². The second-order valence-corrected chi connectivity index (χ2v) is 8.20. The van der Waals surface area contributed by atoms with Crippen molar-refractivity contribution in [2.45, 2.75) is 26.2 Å². The number of benzene rings is 2. The lowest BCUT2D eigenvalue weighted by Crippen LogP contribution is -2.41. The molecule has 1 aliphatic rings. The molecule has 0 radical (unpaired) electrons. The third-order valence-corrected chi connectivity index (χ3v) is 5.70. The normalized spacial score (nSPS) is 13.6. The van der Waals surface area contributed by atoms with Crippen molar-refractivity contribution in [3.8, 4) is 5.75 Å². The summed E-state index contributed by atoms with van der Waals surface area (Å²) < 4.78 is 11.2. The highest BCUT2D eigenvalue weighted by molar-refractivity contribution is 6.33. The summed E-state index contributed by atoms with van der Waals surface area (Å²) in [6, 6.07) is 15.5. The fraction of sp³-hybridized carbons (Fsp3) is 0.200. The van der Waals surface area contributed by atoms with Gasteiger partial charge in [-0.2, -0.15) is 5.10 Å². The molecule has 180 valence electrons. The monoisotopic (exact) mass is 494 g/mol. The first-order valence-corrected chi connectivity index (χ1v) is 11.3. The fourth-order valence-corrected chi connectivity index (χ4v) is 3.93. The summed E-state index contributed by atoms with van der Waals surface area (Å²) in [7, 11) is 0. The van der Waals surface area contributed by atoms with Crippen molar-refractivity contribution in [1.82, 2.24) is 16.3 Å². The van der Waals surface area contributed by atoms with E-state index in [2.05, 4.69) is 21.4 Å². The number of rotatable bonds is 6. The number of para-hydroxylation sites is 1. The van der Waals surface area contributed by atoms with E-state index in [1.807, 2.05) is 18.2 Å². The molecule has 0 saturated carbocycles. The molecule has 0 atom stereocenters. The van der Waals surface area contributed by atoms with Crippen molar-refractivity contribution in [3.05, 3.63) is 87.8 Å². The van der Waals surface area contributed by atoms with E-state index in [9.17, 15) is 14.4 Å². The van der Waals surface area contributed by atoms with Crippen LogP contribution in [0.2, 0.25) is 5.02 Å². The number of hydrogen-bond acceptors (Lipinski definition) is 6. The van der Waals surface area contributed by atoms with Crippen LogP contribution >= 0.6 is 11.6 Å². The molecule has 1 heterocycles. The summed E-state index contributed by atoms with van der Waals surface area (Å²) in [5, 5.41) is 4.52. The van der Waals surface area contributed by atoms with Gasteiger partial charge in [0.1, 0.15) is 11.5 Å². The summed E-state index contributed by atoms with van der Waals surface area (Å²) in [4.78, 5) is 37.2. The van der Waals surface area contributed by atoms with Gasteiger partial charge in [0.25, 0.3) is 11.8 Å². The van der Waals surface area contributed by atoms with E-state index in [0.29, 0.717) is 41.2 Å². The SMILES string of the molecule is Cc1c(C(=O)NNC(=O)c2ccccc2Cl)oc2c1/C(=N/NC(=O)COc1ccccc1)CCC2. The third-order valence-electron chi connectivity index (χ3n) is 5.37. The van der Waals surface area contributed by atoms with Gasteiger partial charge in [-0.25, -0.2) is 5.43 Å². The number of hydrogen-bond donors (Lipinski definition) is 3. The number of carbonyl (C=O) groups excluding carboxylic acids is 3. The summed E-state index contributed by atoms with van der Waals surface area (Å²) in [5.41, 5.74) is 9.29. The zero-order chi connectivity index (χ0) is 24.8. The molecule has 2 aromatic carbocycles. The Kier molecular flexibility index (Phi) is 7.47. The van der Waals surface area contributed by atoms with Gasteiger partial charge in [-0.1, -0.05) is 41.9 Å². The van der Waals surface area contributed by atoms with Crippen molar-refractivity contribution in [2.24, 2.45) is 5.10 Å². The van der Waals surface area contributed by atoms with Crippen molar-refractivity contribution in [2.75, 3.05) is 6.61 Å². The number of fused-ring (bicyclic) bond motifs is 1. The van der Waals surface area contributed by atoms with Crippen LogP contribution in [0.25, 0.3) is 0 Å².